The first-order valence-corrected chi connectivity index (χ1v) is 14.8. The van der Waals surface area contributed by atoms with Crippen LogP contribution in [-0.4, -0.2) is 22.2 Å². The Morgan fingerprint density at radius 3 is 1.50 bits per heavy atom. The van der Waals surface area contributed by atoms with Crippen molar-refractivity contribution in [2.75, 3.05) is 10.7 Å². The number of halogens is 7. The minimum atomic E-state index is 0.130. The SMILES string of the molecule is BrBr.CC(=O)c1ccccc1I.ClCCl.O=C(CBr)c1ccccc1I. The number of carbonyl (C=O) groups excluding carboxylic acids is 2. The molecule has 0 saturated heterocycles. The summed E-state index contributed by atoms with van der Waals surface area (Å²) in [5.74, 6) is 0.264. The second-order valence-corrected chi connectivity index (χ2v) is 7.87. The highest BCUT2D eigenvalue weighted by Gasteiger charge is 2.05. The van der Waals surface area contributed by atoms with Crippen molar-refractivity contribution in [2.45, 2.75) is 6.92 Å². The van der Waals surface area contributed by atoms with Gasteiger partial charge in [-0.1, -0.05) is 52.3 Å². The smallest absolute Gasteiger partial charge is 0.174 e. The first-order chi connectivity index (χ1) is 12.4. The van der Waals surface area contributed by atoms with Gasteiger partial charge in [-0.05, 0) is 64.2 Å². The molecule has 0 aliphatic carbocycles. The Morgan fingerprint density at radius 1 is 0.885 bits per heavy atom. The molecular formula is C17H15Br3Cl2I2O2. The topological polar surface area (TPSA) is 34.1 Å². The van der Waals surface area contributed by atoms with Gasteiger partial charge in [-0.15, -0.1) is 23.2 Å². The van der Waals surface area contributed by atoms with Gasteiger partial charge in [-0.2, -0.15) is 0 Å². The summed E-state index contributed by atoms with van der Waals surface area (Å²) in [6.45, 7) is 1.58. The zero-order chi connectivity index (χ0) is 20.5. The maximum atomic E-state index is 11.2. The fraction of sp³-hybridized carbons (Fsp3) is 0.176. The predicted molar refractivity (Wildman–Crippen MR) is 141 cm³/mol. The van der Waals surface area contributed by atoms with Crippen LogP contribution in [0.4, 0.5) is 0 Å². The van der Waals surface area contributed by atoms with Gasteiger partial charge in [0.15, 0.2) is 11.6 Å². The van der Waals surface area contributed by atoms with Crippen LogP contribution in [0.3, 0.4) is 0 Å². The molecular weight excluding hydrogens is 801 g/mol. The highest BCUT2D eigenvalue weighted by atomic mass is 127. The van der Waals surface area contributed by atoms with Crippen molar-refractivity contribution >= 4 is 124 Å². The van der Waals surface area contributed by atoms with Gasteiger partial charge in [-0.3, -0.25) is 9.59 Å². The van der Waals surface area contributed by atoms with Crippen molar-refractivity contribution in [3.8, 4) is 0 Å². The number of ketones is 2. The van der Waals surface area contributed by atoms with E-state index >= 15 is 0 Å². The molecule has 0 amide bonds. The minimum absolute atomic E-state index is 0.130. The van der Waals surface area contributed by atoms with Gasteiger partial charge >= 0.3 is 0 Å². The Hall–Kier alpha value is 1.26. The Labute approximate surface area is 215 Å². The molecule has 0 aliphatic rings. The van der Waals surface area contributed by atoms with E-state index in [1.165, 1.54) is 0 Å². The molecule has 2 rings (SSSR count). The van der Waals surface area contributed by atoms with Gasteiger partial charge in [-0.25, -0.2) is 0 Å². The van der Waals surface area contributed by atoms with Crippen molar-refractivity contribution in [3.05, 3.63) is 66.8 Å². The fourth-order valence-corrected chi connectivity index (χ4v) is 3.26. The standard InChI is InChI=1S/C8H6BrIO.C8H7IO.CH2Cl2.Br2/c9-5-8(11)6-3-1-2-4-7(6)10;1-6(10)7-4-2-3-5-8(7)9;2-1-3;1-2/h1-4H,5H2;2-5H,1H3;1H2;. The average molecular weight is 816 g/mol. The third-order valence-electron chi connectivity index (χ3n) is 2.55. The third kappa shape index (κ3) is 13.4. The van der Waals surface area contributed by atoms with Crippen molar-refractivity contribution in [2.24, 2.45) is 0 Å². The first kappa shape index (κ1) is 29.5. The first-order valence-electron chi connectivity index (χ1n) is 6.74. The number of carbonyl (C=O) groups is 2. The van der Waals surface area contributed by atoms with Crippen LogP contribution in [0.15, 0.2) is 48.5 Å². The Kier molecular flexibility index (Phi) is 22.2. The van der Waals surface area contributed by atoms with Gasteiger partial charge in [0.25, 0.3) is 0 Å². The van der Waals surface area contributed by atoms with Crippen LogP contribution in [0.1, 0.15) is 27.6 Å². The minimum Gasteiger partial charge on any atom is -0.294 e. The molecule has 2 aromatic rings. The molecule has 2 nitrogen and oxygen atoms in total. The maximum Gasteiger partial charge on any atom is 0.174 e. The molecule has 0 spiro atoms. The molecule has 9 heteroatoms. The summed E-state index contributed by atoms with van der Waals surface area (Å²) in [6, 6.07) is 15.1. The summed E-state index contributed by atoms with van der Waals surface area (Å²) in [5.41, 5.74) is 1.60. The normalized spacial score (nSPS) is 8.62. The van der Waals surface area contributed by atoms with E-state index in [1.807, 2.05) is 48.5 Å². The average Bonchev–Trinajstić information content (AvgIpc) is 2.64. The molecule has 0 N–H and O–H groups in total. The predicted octanol–water partition coefficient (Wildman–Crippen LogP) is 8.48. The number of hydrogen-bond acceptors (Lipinski definition) is 2. The molecule has 0 aliphatic heterocycles. The quantitative estimate of drug-likeness (QED) is 0.177. The monoisotopic (exact) mass is 812 g/mol. The van der Waals surface area contributed by atoms with Crippen LogP contribution >= 0.6 is 113 Å². The number of hydrogen-bond donors (Lipinski definition) is 0. The lowest BCUT2D eigenvalue weighted by atomic mass is 10.2. The largest absolute Gasteiger partial charge is 0.294 e. The summed E-state index contributed by atoms with van der Waals surface area (Å²) < 4.78 is 2.03. The van der Waals surface area contributed by atoms with E-state index in [9.17, 15) is 9.59 Å². The lowest BCUT2D eigenvalue weighted by Crippen LogP contribution is -2.01. The van der Waals surface area contributed by atoms with Crippen LogP contribution in [0.5, 0.6) is 0 Å². The zero-order valence-electron chi connectivity index (χ0n) is 13.5. The van der Waals surface area contributed by atoms with Gasteiger partial charge < -0.3 is 0 Å². The van der Waals surface area contributed by atoms with E-state index in [4.69, 9.17) is 23.2 Å². The van der Waals surface area contributed by atoms with Crippen LogP contribution in [0, 0.1) is 7.14 Å². The number of Topliss-reactive ketones (excluding diaryl/α,β-unsaturated/α-hetero) is 2. The van der Waals surface area contributed by atoms with Crippen molar-refractivity contribution in [3.63, 3.8) is 0 Å². The van der Waals surface area contributed by atoms with E-state index < -0.39 is 0 Å². The number of benzene rings is 2. The summed E-state index contributed by atoms with van der Waals surface area (Å²) >= 11 is 22.5. The van der Waals surface area contributed by atoms with E-state index in [0.29, 0.717) is 5.33 Å². The molecule has 0 fully saturated rings. The molecule has 0 bridgehead atoms. The summed E-state index contributed by atoms with van der Waals surface area (Å²) in [7, 11) is 0. The molecule has 0 aromatic heterocycles. The van der Waals surface area contributed by atoms with Crippen LogP contribution in [-0.2, 0) is 0 Å². The zero-order valence-corrected chi connectivity index (χ0v) is 24.1. The van der Waals surface area contributed by atoms with Gasteiger partial charge in [0.1, 0.15) is 0 Å². The fourth-order valence-electron chi connectivity index (χ4n) is 1.51. The number of alkyl halides is 3. The highest BCUT2D eigenvalue weighted by Crippen LogP contribution is 2.12. The molecule has 0 heterocycles. The van der Waals surface area contributed by atoms with Crippen LogP contribution in [0.2, 0.25) is 0 Å². The lowest BCUT2D eigenvalue weighted by Gasteiger charge is -1.98. The molecule has 0 unspecified atom stereocenters. The molecule has 26 heavy (non-hydrogen) atoms. The Balaban J connectivity index is 0. The third-order valence-corrected chi connectivity index (χ3v) is 4.94. The molecule has 0 radical (unpaired) electrons. The second-order valence-electron chi connectivity index (χ2n) is 4.17. The van der Waals surface area contributed by atoms with E-state index in [1.54, 1.807) is 6.92 Å². The van der Waals surface area contributed by atoms with Crippen molar-refractivity contribution in [1.82, 2.24) is 0 Å². The highest BCUT2D eigenvalue weighted by molar-refractivity contribution is 14.1. The van der Waals surface area contributed by atoms with Crippen LogP contribution < -0.4 is 0 Å². The molecule has 0 saturated carbocycles. The maximum absolute atomic E-state index is 11.2. The summed E-state index contributed by atoms with van der Waals surface area (Å²) in [4.78, 5) is 22.0. The number of rotatable bonds is 3. The van der Waals surface area contributed by atoms with Crippen molar-refractivity contribution < 1.29 is 9.59 Å². The van der Waals surface area contributed by atoms with E-state index in [0.717, 1.165) is 18.3 Å². The molecule has 144 valence electrons. The van der Waals surface area contributed by atoms with Crippen molar-refractivity contribution in [1.29, 1.82) is 0 Å². The van der Waals surface area contributed by atoms with Crippen LogP contribution in [0.25, 0.3) is 0 Å². The van der Waals surface area contributed by atoms with E-state index in [2.05, 4.69) is 89.4 Å². The van der Waals surface area contributed by atoms with Gasteiger partial charge in [0.05, 0.1) is 10.7 Å². The molecule has 0 atom stereocenters. The Bertz CT molecular complexity index is 674. The lowest BCUT2D eigenvalue weighted by molar-refractivity contribution is 0.101. The van der Waals surface area contributed by atoms with Gasteiger partial charge in [0, 0.05) is 46.5 Å². The Morgan fingerprint density at radius 2 is 1.23 bits per heavy atom. The second kappa shape index (κ2) is 19.6. The van der Waals surface area contributed by atoms with E-state index in [-0.39, 0.29) is 16.9 Å². The molecule has 2 aromatic carbocycles. The summed E-state index contributed by atoms with van der Waals surface area (Å²) in [5, 5.41) is 0.590. The van der Waals surface area contributed by atoms with Gasteiger partial charge in [0.2, 0.25) is 0 Å². The summed E-state index contributed by atoms with van der Waals surface area (Å²) in [6.07, 6.45) is 0.